The number of aromatic nitrogens is 2. The third kappa shape index (κ3) is 4.24. The van der Waals surface area contributed by atoms with Crippen LogP contribution in [-0.4, -0.2) is 25.1 Å². The zero-order valence-corrected chi connectivity index (χ0v) is 16.4. The number of ether oxygens (including phenoxy) is 1. The molecular weight excluding hydrogens is 426 g/mol. The molecule has 0 amide bonds. The Hall–Kier alpha value is -1.81. The van der Waals surface area contributed by atoms with Crippen LogP contribution in [0.3, 0.4) is 0 Å². The fraction of sp³-hybridized carbons (Fsp3) is 0.125. The first-order valence-corrected chi connectivity index (χ1v) is 10.3. The molecular formula is C16H14BrN3O3S2. The molecule has 2 aromatic carbocycles. The molecule has 1 N–H and O–H groups in total. The quantitative estimate of drug-likeness (QED) is 0.635. The van der Waals surface area contributed by atoms with Gasteiger partial charge in [-0.15, -0.1) is 5.10 Å². The highest BCUT2D eigenvalue weighted by molar-refractivity contribution is 9.10. The number of halogens is 1. The van der Waals surface area contributed by atoms with E-state index in [4.69, 9.17) is 4.74 Å². The Labute approximate surface area is 158 Å². The maximum atomic E-state index is 12.6. The van der Waals surface area contributed by atoms with Crippen LogP contribution in [0.25, 0.3) is 11.3 Å². The second-order valence-electron chi connectivity index (χ2n) is 5.11. The fourth-order valence-corrected chi connectivity index (χ4v) is 4.39. The van der Waals surface area contributed by atoms with Crippen LogP contribution in [0.1, 0.15) is 5.56 Å². The fourth-order valence-electron chi connectivity index (χ4n) is 2.20. The molecule has 0 radical (unpaired) electrons. The van der Waals surface area contributed by atoms with Gasteiger partial charge in [-0.25, -0.2) is 13.1 Å². The average molecular weight is 440 g/mol. The average Bonchev–Trinajstić information content (AvgIpc) is 3.15. The molecule has 0 fully saturated rings. The Balaban J connectivity index is 1.75. The molecule has 6 nitrogen and oxygen atoms in total. The first-order valence-electron chi connectivity index (χ1n) is 7.19. The molecule has 0 saturated carbocycles. The predicted octanol–water partition coefficient (Wildman–Crippen LogP) is 3.45. The molecule has 3 rings (SSSR count). The molecule has 1 heterocycles. The molecule has 130 valence electrons. The van der Waals surface area contributed by atoms with Crippen LogP contribution in [-0.2, 0) is 16.6 Å². The van der Waals surface area contributed by atoms with Gasteiger partial charge in [-0.1, -0.05) is 44.7 Å². The lowest BCUT2D eigenvalue weighted by Gasteiger charge is -2.11. The number of nitrogens with zero attached hydrogens (tertiary/aromatic N) is 2. The van der Waals surface area contributed by atoms with Crippen molar-refractivity contribution in [2.75, 3.05) is 7.11 Å². The highest BCUT2D eigenvalue weighted by Gasteiger charge is 2.19. The van der Waals surface area contributed by atoms with Crippen molar-refractivity contribution in [1.82, 2.24) is 14.3 Å². The molecule has 0 saturated heterocycles. The number of sulfonamides is 1. The van der Waals surface area contributed by atoms with Gasteiger partial charge in [0, 0.05) is 22.0 Å². The molecule has 3 aromatic rings. The summed E-state index contributed by atoms with van der Waals surface area (Å²) < 4.78 is 37.4. The highest BCUT2D eigenvalue weighted by Crippen LogP contribution is 2.27. The van der Waals surface area contributed by atoms with Gasteiger partial charge in [-0.05, 0) is 35.3 Å². The first-order chi connectivity index (χ1) is 12.0. The van der Waals surface area contributed by atoms with Crippen molar-refractivity contribution < 1.29 is 13.2 Å². The normalized spacial score (nSPS) is 11.4. The lowest BCUT2D eigenvalue weighted by Crippen LogP contribution is -2.23. The Kier molecular flexibility index (Phi) is 5.48. The minimum atomic E-state index is -3.70. The highest BCUT2D eigenvalue weighted by atomic mass is 79.9. The van der Waals surface area contributed by atoms with Crippen LogP contribution in [0.15, 0.2) is 57.2 Å². The summed E-state index contributed by atoms with van der Waals surface area (Å²) >= 11 is 4.57. The number of methoxy groups -OCH3 is 1. The summed E-state index contributed by atoms with van der Waals surface area (Å²) in [7, 11) is -2.26. The van der Waals surface area contributed by atoms with E-state index in [-0.39, 0.29) is 11.4 Å². The largest absolute Gasteiger partial charge is 0.495 e. The Morgan fingerprint density at radius 2 is 1.96 bits per heavy atom. The van der Waals surface area contributed by atoms with E-state index < -0.39 is 10.0 Å². The topological polar surface area (TPSA) is 81.2 Å². The van der Waals surface area contributed by atoms with Gasteiger partial charge < -0.3 is 4.74 Å². The summed E-state index contributed by atoms with van der Waals surface area (Å²) in [5.41, 5.74) is 2.58. The molecule has 0 spiro atoms. The van der Waals surface area contributed by atoms with E-state index in [1.807, 2.05) is 29.6 Å². The molecule has 9 heteroatoms. The summed E-state index contributed by atoms with van der Waals surface area (Å²) in [4.78, 5) is 0.0922. The number of benzene rings is 2. The monoisotopic (exact) mass is 439 g/mol. The van der Waals surface area contributed by atoms with Gasteiger partial charge in [0.15, 0.2) is 0 Å². The molecule has 0 aliphatic carbocycles. The van der Waals surface area contributed by atoms with Crippen LogP contribution in [0.4, 0.5) is 0 Å². The van der Waals surface area contributed by atoms with Gasteiger partial charge in [-0.3, -0.25) is 0 Å². The maximum absolute atomic E-state index is 12.6. The van der Waals surface area contributed by atoms with Crippen molar-refractivity contribution in [1.29, 1.82) is 0 Å². The van der Waals surface area contributed by atoms with Crippen LogP contribution in [0, 0.1) is 0 Å². The molecule has 0 atom stereocenters. The van der Waals surface area contributed by atoms with Gasteiger partial charge in [0.05, 0.1) is 7.11 Å². The number of rotatable bonds is 6. The second-order valence-corrected chi connectivity index (χ2v) is 8.37. The number of nitrogens with one attached hydrogen (secondary N) is 1. The van der Waals surface area contributed by atoms with Gasteiger partial charge >= 0.3 is 0 Å². The van der Waals surface area contributed by atoms with Crippen molar-refractivity contribution in [2.45, 2.75) is 11.4 Å². The second kappa shape index (κ2) is 7.61. The summed E-state index contributed by atoms with van der Waals surface area (Å²) in [6, 6.07) is 12.3. The van der Waals surface area contributed by atoms with Gasteiger partial charge in [0.25, 0.3) is 0 Å². The Bertz CT molecular complexity index is 959. The summed E-state index contributed by atoms with van der Waals surface area (Å²) in [5, 5.41) is 5.87. The van der Waals surface area contributed by atoms with Gasteiger partial charge in [0.1, 0.15) is 16.3 Å². The number of hydrogen-bond acceptors (Lipinski definition) is 6. The smallest absolute Gasteiger partial charge is 0.244 e. The van der Waals surface area contributed by atoms with E-state index in [1.165, 1.54) is 24.7 Å². The van der Waals surface area contributed by atoms with Crippen LogP contribution in [0.2, 0.25) is 0 Å². The minimum absolute atomic E-state index is 0.0922. The summed E-state index contributed by atoms with van der Waals surface area (Å²) in [6.45, 7) is 0.174. The van der Waals surface area contributed by atoms with Crippen LogP contribution < -0.4 is 9.46 Å². The van der Waals surface area contributed by atoms with Crippen LogP contribution >= 0.6 is 27.5 Å². The molecule has 0 unspecified atom stereocenters. The molecule has 1 aromatic heterocycles. The van der Waals surface area contributed by atoms with Crippen molar-refractivity contribution >= 4 is 37.5 Å². The van der Waals surface area contributed by atoms with E-state index in [0.717, 1.165) is 16.8 Å². The van der Waals surface area contributed by atoms with Gasteiger partial charge in [-0.2, -0.15) is 0 Å². The summed E-state index contributed by atoms with van der Waals surface area (Å²) in [6.07, 6.45) is 0. The van der Waals surface area contributed by atoms with E-state index in [2.05, 4.69) is 30.2 Å². The van der Waals surface area contributed by atoms with E-state index in [1.54, 1.807) is 12.1 Å². The van der Waals surface area contributed by atoms with E-state index in [0.29, 0.717) is 10.2 Å². The van der Waals surface area contributed by atoms with Crippen molar-refractivity contribution in [3.63, 3.8) is 0 Å². The van der Waals surface area contributed by atoms with Crippen molar-refractivity contribution in [3.8, 4) is 17.0 Å². The third-order valence-corrected chi connectivity index (χ3v) is 5.91. The Morgan fingerprint density at radius 3 is 2.60 bits per heavy atom. The van der Waals surface area contributed by atoms with Crippen molar-refractivity contribution in [3.05, 3.63) is 57.9 Å². The SMILES string of the molecule is COc1ccc(Br)cc1S(=O)(=O)NCc1ccc(-c2csnn2)cc1. The lowest BCUT2D eigenvalue weighted by molar-refractivity contribution is 0.402. The first kappa shape index (κ1) is 18.0. The minimum Gasteiger partial charge on any atom is -0.495 e. The predicted molar refractivity (Wildman–Crippen MR) is 100 cm³/mol. The maximum Gasteiger partial charge on any atom is 0.244 e. The summed E-state index contributed by atoms with van der Waals surface area (Å²) in [5.74, 6) is 0.294. The molecule has 25 heavy (non-hydrogen) atoms. The standard InChI is InChI=1S/C16H14BrN3O3S2/c1-23-15-7-6-13(17)8-16(15)25(21,22)18-9-11-2-4-12(5-3-11)14-10-24-20-19-14/h2-8,10,18H,9H2,1H3. The van der Waals surface area contributed by atoms with E-state index >= 15 is 0 Å². The molecule has 0 aliphatic heterocycles. The lowest BCUT2D eigenvalue weighted by atomic mass is 10.1. The zero-order chi connectivity index (χ0) is 17.9. The van der Waals surface area contributed by atoms with E-state index in [9.17, 15) is 8.42 Å². The van der Waals surface area contributed by atoms with Crippen LogP contribution in [0.5, 0.6) is 5.75 Å². The Morgan fingerprint density at radius 1 is 1.20 bits per heavy atom. The number of hydrogen-bond donors (Lipinski definition) is 1. The van der Waals surface area contributed by atoms with Crippen molar-refractivity contribution in [2.24, 2.45) is 0 Å². The third-order valence-electron chi connectivity index (χ3n) is 3.49. The molecule has 0 bridgehead atoms. The molecule has 0 aliphatic rings. The zero-order valence-electron chi connectivity index (χ0n) is 13.1. The van der Waals surface area contributed by atoms with Gasteiger partial charge in [0.2, 0.25) is 10.0 Å².